The standard InChI is InChI=1S/C12H15F3N2O2.ClH/c1-8(6-16)11(18)17-9-2-4-10(5-3-9)19-7-12(13,14)15;/h2-5,8H,6-7,16H2,1H3,(H,17,18);1H. The lowest BCUT2D eigenvalue weighted by atomic mass is 10.1. The van der Waals surface area contributed by atoms with Crippen molar-refractivity contribution in [3.05, 3.63) is 24.3 Å². The van der Waals surface area contributed by atoms with Gasteiger partial charge in [-0.05, 0) is 24.3 Å². The van der Waals surface area contributed by atoms with Gasteiger partial charge in [0.15, 0.2) is 6.61 Å². The van der Waals surface area contributed by atoms with Gasteiger partial charge in [0.25, 0.3) is 0 Å². The monoisotopic (exact) mass is 312 g/mol. The van der Waals surface area contributed by atoms with E-state index in [1.165, 1.54) is 24.3 Å². The van der Waals surface area contributed by atoms with Gasteiger partial charge in [0.1, 0.15) is 5.75 Å². The number of nitrogens with one attached hydrogen (secondary N) is 1. The van der Waals surface area contributed by atoms with Crippen LogP contribution in [0.4, 0.5) is 18.9 Å². The molecule has 1 aromatic carbocycles. The second-order valence-corrected chi connectivity index (χ2v) is 4.05. The molecule has 1 aromatic rings. The third kappa shape index (κ3) is 6.63. The number of carbonyl (C=O) groups excluding carboxylic acids is 1. The van der Waals surface area contributed by atoms with Crippen LogP contribution in [0.3, 0.4) is 0 Å². The maximum atomic E-state index is 11.9. The summed E-state index contributed by atoms with van der Waals surface area (Å²) in [5.41, 5.74) is 5.82. The van der Waals surface area contributed by atoms with Crippen LogP contribution >= 0.6 is 12.4 Å². The normalized spacial score (nSPS) is 12.2. The third-order valence-electron chi connectivity index (χ3n) is 2.33. The molecular formula is C12H16ClF3N2O2. The van der Waals surface area contributed by atoms with Crippen LogP contribution in [0.5, 0.6) is 5.75 Å². The number of ether oxygens (including phenoxy) is 1. The second kappa shape index (κ2) is 7.96. The summed E-state index contributed by atoms with van der Waals surface area (Å²) < 4.78 is 40.3. The molecule has 1 rings (SSSR count). The Balaban J connectivity index is 0.00000361. The number of benzene rings is 1. The van der Waals surface area contributed by atoms with Gasteiger partial charge < -0.3 is 15.8 Å². The zero-order valence-corrected chi connectivity index (χ0v) is 11.6. The number of halogens is 4. The van der Waals surface area contributed by atoms with Crippen molar-refractivity contribution in [2.75, 3.05) is 18.5 Å². The van der Waals surface area contributed by atoms with Gasteiger partial charge in [0, 0.05) is 18.2 Å². The van der Waals surface area contributed by atoms with E-state index in [2.05, 4.69) is 10.1 Å². The van der Waals surface area contributed by atoms with Gasteiger partial charge in [-0.25, -0.2) is 0 Å². The van der Waals surface area contributed by atoms with Crippen LogP contribution in [-0.4, -0.2) is 25.2 Å². The quantitative estimate of drug-likeness (QED) is 0.878. The molecule has 0 bridgehead atoms. The molecule has 0 aromatic heterocycles. The van der Waals surface area contributed by atoms with Gasteiger partial charge in [-0.1, -0.05) is 6.92 Å². The maximum Gasteiger partial charge on any atom is 0.422 e. The topological polar surface area (TPSA) is 64.4 Å². The van der Waals surface area contributed by atoms with Crippen molar-refractivity contribution in [3.63, 3.8) is 0 Å². The van der Waals surface area contributed by atoms with Gasteiger partial charge in [0.2, 0.25) is 5.91 Å². The molecule has 4 nitrogen and oxygen atoms in total. The van der Waals surface area contributed by atoms with Crippen LogP contribution in [0.15, 0.2) is 24.3 Å². The summed E-state index contributed by atoms with van der Waals surface area (Å²) >= 11 is 0. The van der Waals surface area contributed by atoms with Gasteiger partial charge in [-0.15, -0.1) is 12.4 Å². The highest BCUT2D eigenvalue weighted by atomic mass is 35.5. The first-order valence-corrected chi connectivity index (χ1v) is 5.62. The molecule has 0 heterocycles. The smallest absolute Gasteiger partial charge is 0.422 e. The van der Waals surface area contributed by atoms with Crippen molar-refractivity contribution < 1.29 is 22.7 Å². The molecule has 1 amide bonds. The number of amides is 1. The van der Waals surface area contributed by atoms with Crippen LogP contribution in [0, 0.1) is 5.92 Å². The minimum atomic E-state index is -4.37. The largest absolute Gasteiger partial charge is 0.484 e. The highest BCUT2D eigenvalue weighted by Gasteiger charge is 2.28. The van der Waals surface area contributed by atoms with E-state index in [4.69, 9.17) is 5.73 Å². The molecule has 0 aliphatic carbocycles. The highest BCUT2D eigenvalue weighted by molar-refractivity contribution is 5.92. The van der Waals surface area contributed by atoms with E-state index in [-0.39, 0.29) is 36.5 Å². The number of anilines is 1. The summed E-state index contributed by atoms with van der Waals surface area (Å²) in [5.74, 6) is -0.491. The first-order valence-electron chi connectivity index (χ1n) is 5.62. The van der Waals surface area contributed by atoms with Crippen LogP contribution in [0.1, 0.15) is 6.92 Å². The summed E-state index contributed by atoms with van der Waals surface area (Å²) in [7, 11) is 0. The summed E-state index contributed by atoms with van der Waals surface area (Å²) in [5, 5.41) is 2.60. The maximum absolute atomic E-state index is 11.9. The van der Waals surface area contributed by atoms with Crippen molar-refractivity contribution in [2.24, 2.45) is 11.7 Å². The molecule has 114 valence electrons. The van der Waals surface area contributed by atoms with E-state index in [1.54, 1.807) is 6.92 Å². The Kier molecular flexibility index (Phi) is 7.38. The molecule has 0 radical (unpaired) electrons. The first kappa shape index (κ1) is 18.5. The van der Waals surface area contributed by atoms with E-state index >= 15 is 0 Å². The molecular weight excluding hydrogens is 297 g/mol. The fraction of sp³-hybridized carbons (Fsp3) is 0.417. The summed E-state index contributed by atoms with van der Waals surface area (Å²) in [6.07, 6.45) is -4.37. The molecule has 1 atom stereocenters. The lowest BCUT2D eigenvalue weighted by Gasteiger charge is -2.11. The molecule has 0 aliphatic heterocycles. The van der Waals surface area contributed by atoms with Crippen LogP contribution in [0.2, 0.25) is 0 Å². The summed E-state index contributed by atoms with van der Waals surface area (Å²) in [4.78, 5) is 11.5. The SMILES string of the molecule is CC(CN)C(=O)Nc1ccc(OCC(F)(F)F)cc1.Cl. The van der Waals surface area contributed by atoms with Gasteiger partial charge in [0.05, 0.1) is 0 Å². The first-order chi connectivity index (χ1) is 8.81. The lowest BCUT2D eigenvalue weighted by molar-refractivity contribution is -0.153. The minimum absolute atomic E-state index is 0. The zero-order valence-electron chi connectivity index (χ0n) is 10.7. The molecule has 20 heavy (non-hydrogen) atoms. The Morgan fingerprint density at radius 3 is 2.35 bits per heavy atom. The third-order valence-corrected chi connectivity index (χ3v) is 2.33. The second-order valence-electron chi connectivity index (χ2n) is 4.05. The Morgan fingerprint density at radius 2 is 1.90 bits per heavy atom. The molecule has 1 unspecified atom stereocenters. The number of hydrogen-bond donors (Lipinski definition) is 2. The average molecular weight is 313 g/mol. The van der Waals surface area contributed by atoms with Gasteiger partial charge in [-0.2, -0.15) is 13.2 Å². The van der Waals surface area contributed by atoms with Crippen molar-refractivity contribution >= 4 is 24.0 Å². The summed E-state index contributed by atoms with van der Waals surface area (Å²) in [6.45, 7) is 0.553. The molecule has 3 N–H and O–H groups in total. The number of rotatable bonds is 5. The van der Waals surface area contributed by atoms with E-state index < -0.39 is 12.8 Å². The molecule has 0 saturated heterocycles. The zero-order chi connectivity index (χ0) is 14.5. The van der Waals surface area contributed by atoms with Crippen molar-refractivity contribution in [2.45, 2.75) is 13.1 Å². The number of nitrogens with two attached hydrogens (primary N) is 1. The number of alkyl halides is 3. The molecule has 8 heteroatoms. The molecule has 0 fully saturated rings. The van der Waals surface area contributed by atoms with Crippen LogP contribution in [-0.2, 0) is 4.79 Å². The van der Waals surface area contributed by atoms with E-state index in [0.717, 1.165) is 0 Å². The van der Waals surface area contributed by atoms with Gasteiger partial charge >= 0.3 is 6.18 Å². The fourth-order valence-electron chi connectivity index (χ4n) is 1.17. The summed E-state index contributed by atoms with van der Waals surface area (Å²) in [6, 6.07) is 5.64. The molecule has 0 saturated carbocycles. The predicted molar refractivity (Wildman–Crippen MR) is 72.1 cm³/mol. The Labute approximate surface area is 120 Å². The average Bonchev–Trinajstić information content (AvgIpc) is 2.36. The lowest BCUT2D eigenvalue weighted by Crippen LogP contribution is -2.26. The van der Waals surface area contributed by atoms with E-state index in [1.807, 2.05) is 0 Å². The molecule has 0 aliphatic rings. The number of hydrogen-bond acceptors (Lipinski definition) is 3. The van der Waals surface area contributed by atoms with Crippen molar-refractivity contribution in [1.29, 1.82) is 0 Å². The van der Waals surface area contributed by atoms with Crippen molar-refractivity contribution in [1.82, 2.24) is 0 Å². The van der Waals surface area contributed by atoms with Gasteiger partial charge in [-0.3, -0.25) is 4.79 Å². The highest BCUT2D eigenvalue weighted by Crippen LogP contribution is 2.20. The van der Waals surface area contributed by atoms with Crippen LogP contribution < -0.4 is 15.8 Å². The fourth-order valence-corrected chi connectivity index (χ4v) is 1.17. The van der Waals surface area contributed by atoms with E-state index in [0.29, 0.717) is 5.69 Å². The Hall–Kier alpha value is -1.47. The van der Waals surface area contributed by atoms with Crippen molar-refractivity contribution in [3.8, 4) is 5.75 Å². The molecule has 0 spiro atoms. The van der Waals surface area contributed by atoms with Crippen LogP contribution in [0.25, 0.3) is 0 Å². The van der Waals surface area contributed by atoms with E-state index in [9.17, 15) is 18.0 Å². The Bertz CT molecular complexity index is 424. The minimum Gasteiger partial charge on any atom is -0.484 e. The number of carbonyl (C=O) groups is 1. The Morgan fingerprint density at radius 1 is 1.35 bits per heavy atom. The predicted octanol–water partition coefficient (Wildman–Crippen LogP) is 2.58.